The quantitative estimate of drug-likeness (QED) is 0.0197. The first-order valence-electron chi connectivity index (χ1n) is 25.3. The van der Waals surface area contributed by atoms with E-state index in [1.165, 1.54) is 116 Å². The summed E-state index contributed by atoms with van der Waals surface area (Å²) in [7, 11) is 5.41. The van der Waals surface area contributed by atoms with Crippen molar-refractivity contribution in [3.05, 3.63) is 60.8 Å². The highest BCUT2D eigenvalue weighted by Crippen LogP contribution is 2.15. The molecule has 62 heavy (non-hydrogen) atoms. The fourth-order valence-electron chi connectivity index (χ4n) is 7.25. The Labute approximate surface area is 381 Å². The van der Waals surface area contributed by atoms with E-state index in [0.29, 0.717) is 12.8 Å². The normalized spacial score (nSPS) is 13.4. The monoisotopic (exact) mass is 870 g/mol. The van der Waals surface area contributed by atoms with Crippen molar-refractivity contribution in [1.29, 1.82) is 0 Å². The molecule has 8 heteroatoms. The number of carbonyl (C=O) groups is 3. The summed E-state index contributed by atoms with van der Waals surface area (Å²) < 4.78 is 17.2. The van der Waals surface area contributed by atoms with Crippen molar-refractivity contribution in [2.24, 2.45) is 0 Å². The number of carbonyl (C=O) groups excluding carboxylic acids is 3. The minimum Gasteiger partial charge on any atom is -0.544 e. The Morgan fingerprint density at radius 2 is 0.952 bits per heavy atom. The molecule has 0 aliphatic carbocycles. The number of carboxylic acid groups (broad SMARTS) is 1. The molecule has 2 atom stereocenters. The van der Waals surface area contributed by atoms with E-state index in [-0.39, 0.29) is 42.7 Å². The number of likely N-dealkylation sites (N-methyl/N-ethyl adjacent to an activating group) is 1. The van der Waals surface area contributed by atoms with Gasteiger partial charge in [0, 0.05) is 19.3 Å². The SMILES string of the molecule is CC/C=C/C/C=C/C/C=C/CCCCCCCCCCCC(=O)OCC(COCCC(C(=O)[O-])[N+](C)(C)C)OC(=O)CCCCCCCCCCCC/C=C/C=C/CCCCC. The molecule has 0 amide bonds. The number of nitrogens with zero attached hydrogens (tertiary/aromatic N) is 1. The van der Waals surface area contributed by atoms with Gasteiger partial charge in [0.25, 0.3) is 0 Å². The summed E-state index contributed by atoms with van der Waals surface area (Å²) in [5, 5.41) is 11.7. The van der Waals surface area contributed by atoms with E-state index in [4.69, 9.17) is 14.2 Å². The molecule has 0 aromatic rings. The summed E-state index contributed by atoms with van der Waals surface area (Å²) >= 11 is 0. The van der Waals surface area contributed by atoms with Crippen LogP contribution in [0.25, 0.3) is 0 Å². The van der Waals surface area contributed by atoms with Gasteiger partial charge in [0.2, 0.25) is 0 Å². The van der Waals surface area contributed by atoms with Gasteiger partial charge in [-0.2, -0.15) is 0 Å². The number of carboxylic acids is 1. The Kier molecular flexibility index (Phi) is 42.5. The molecule has 0 bridgehead atoms. The molecule has 0 radical (unpaired) electrons. The van der Waals surface area contributed by atoms with Crippen LogP contribution < -0.4 is 5.11 Å². The largest absolute Gasteiger partial charge is 0.544 e. The zero-order valence-corrected chi connectivity index (χ0v) is 40.8. The van der Waals surface area contributed by atoms with Crippen molar-refractivity contribution < 1.29 is 38.2 Å². The molecule has 0 aromatic heterocycles. The smallest absolute Gasteiger partial charge is 0.306 e. The maximum atomic E-state index is 12.8. The number of hydrogen-bond acceptors (Lipinski definition) is 7. The first kappa shape index (κ1) is 59.0. The Hall–Kier alpha value is -2.97. The van der Waals surface area contributed by atoms with Gasteiger partial charge in [-0.25, -0.2) is 0 Å². The van der Waals surface area contributed by atoms with E-state index in [1.807, 2.05) is 0 Å². The van der Waals surface area contributed by atoms with Gasteiger partial charge in [-0.1, -0.05) is 184 Å². The van der Waals surface area contributed by atoms with E-state index in [9.17, 15) is 19.5 Å². The van der Waals surface area contributed by atoms with Crippen LogP contribution in [0.4, 0.5) is 0 Å². The van der Waals surface area contributed by atoms with Crippen LogP contribution in [-0.2, 0) is 28.6 Å². The molecular weight excluding hydrogens is 775 g/mol. The molecule has 0 rings (SSSR count). The van der Waals surface area contributed by atoms with Crippen LogP contribution in [0, 0.1) is 0 Å². The molecule has 0 aromatic carbocycles. The molecule has 0 fully saturated rings. The summed E-state index contributed by atoms with van der Waals surface area (Å²) in [6.07, 6.45) is 55.3. The molecule has 0 aliphatic rings. The standard InChI is InChI=1S/C54H95NO7/c1-6-8-10-12-14-16-18-20-22-24-26-28-30-32-34-36-38-40-42-44-52(56)61-49-50(48-60-47-46-51(54(58)59)55(3,4)5)62-53(57)45-43-41-39-37-35-33-31-29-27-25-23-21-19-17-15-13-11-9-7-2/h8,10,14-17,19-22,50-51H,6-7,9,11-13,18,23-49H2,1-5H3/b10-8+,16-14+,17-15+,21-19+,22-20+. The highest BCUT2D eigenvalue weighted by Gasteiger charge is 2.25. The zero-order valence-electron chi connectivity index (χ0n) is 40.8. The fraction of sp³-hybridized carbons (Fsp3) is 0.759. The predicted molar refractivity (Wildman–Crippen MR) is 259 cm³/mol. The number of quaternary nitrogens is 1. The first-order valence-corrected chi connectivity index (χ1v) is 25.3. The van der Waals surface area contributed by atoms with Crippen LogP contribution >= 0.6 is 0 Å². The summed E-state index contributed by atoms with van der Waals surface area (Å²) in [6, 6.07) is -0.729. The van der Waals surface area contributed by atoms with E-state index in [0.717, 1.165) is 64.2 Å². The van der Waals surface area contributed by atoms with E-state index in [2.05, 4.69) is 74.6 Å². The number of esters is 2. The second kappa shape index (κ2) is 44.6. The van der Waals surface area contributed by atoms with Gasteiger partial charge < -0.3 is 28.6 Å². The lowest BCUT2D eigenvalue weighted by atomic mass is 10.1. The third-order valence-electron chi connectivity index (χ3n) is 11.2. The Bertz CT molecular complexity index is 1200. The van der Waals surface area contributed by atoms with Gasteiger partial charge in [-0.05, 0) is 70.6 Å². The third kappa shape index (κ3) is 42.3. The molecule has 0 N–H and O–H groups in total. The summed E-state index contributed by atoms with van der Waals surface area (Å²) in [5.41, 5.74) is 0. The lowest BCUT2D eigenvalue weighted by molar-refractivity contribution is -0.889. The maximum absolute atomic E-state index is 12.8. The van der Waals surface area contributed by atoms with Crippen molar-refractivity contribution in [2.45, 2.75) is 225 Å². The highest BCUT2D eigenvalue weighted by atomic mass is 16.6. The number of hydrogen-bond donors (Lipinski definition) is 0. The van der Waals surface area contributed by atoms with E-state index in [1.54, 1.807) is 21.1 Å². The molecule has 0 aliphatic heterocycles. The average Bonchev–Trinajstić information content (AvgIpc) is 3.23. The Morgan fingerprint density at radius 1 is 0.516 bits per heavy atom. The van der Waals surface area contributed by atoms with Crippen molar-refractivity contribution in [3.8, 4) is 0 Å². The molecule has 2 unspecified atom stereocenters. The molecule has 0 saturated carbocycles. The molecule has 0 spiro atoms. The van der Waals surface area contributed by atoms with Gasteiger partial charge in [-0.15, -0.1) is 0 Å². The van der Waals surface area contributed by atoms with Crippen molar-refractivity contribution in [1.82, 2.24) is 0 Å². The van der Waals surface area contributed by atoms with Crippen molar-refractivity contribution in [2.75, 3.05) is 41.0 Å². The van der Waals surface area contributed by atoms with Crippen molar-refractivity contribution in [3.63, 3.8) is 0 Å². The second-order valence-corrected chi connectivity index (χ2v) is 18.1. The lowest BCUT2D eigenvalue weighted by Gasteiger charge is -2.34. The highest BCUT2D eigenvalue weighted by molar-refractivity contribution is 5.70. The molecule has 8 nitrogen and oxygen atoms in total. The third-order valence-corrected chi connectivity index (χ3v) is 11.2. The number of allylic oxidation sites excluding steroid dienone is 10. The van der Waals surface area contributed by atoms with E-state index < -0.39 is 18.1 Å². The van der Waals surface area contributed by atoms with Gasteiger partial charge >= 0.3 is 11.9 Å². The Morgan fingerprint density at radius 3 is 1.44 bits per heavy atom. The summed E-state index contributed by atoms with van der Waals surface area (Å²) in [6.45, 7) is 4.53. The number of ether oxygens (including phenoxy) is 3. The van der Waals surface area contributed by atoms with Gasteiger partial charge in [0.15, 0.2) is 6.10 Å². The minimum absolute atomic E-state index is 0.0366. The van der Waals surface area contributed by atoms with Crippen molar-refractivity contribution >= 4 is 17.9 Å². The predicted octanol–water partition coefficient (Wildman–Crippen LogP) is 13.2. The van der Waals surface area contributed by atoms with E-state index >= 15 is 0 Å². The topological polar surface area (TPSA) is 102 Å². The molecular formula is C54H95NO7. The van der Waals surface area contributed by atoms with Gasteiger partial charge in [0.05, 0.1) is 40.3 Å². The second-order valence-electron chi connectivity index (χ2n) is 18.1. The van der Waals surface area contributed by atoms with Crippen LogP contribution in [0.3, 0.4) is 0 Å². The number of rotatable bonds is 45. The van der Waals surface area contributed by atoms with Crippen LogP contribution in [0.5, 0.6) is 0 Å². The van der Waals surface area contributed by atoms with Crippen LogP contribution in [0.1, 0.15) is 213 Å². The lowest BCUT2D eigenvalue weighted by Crippen LogP contribution is -2.55. The van der Waals surface area contributed by atoms with Gasteiger partial charge in [-0.3, -0.25) is 9.59 Å². The van der Waals surface area contributed by atoms with Crippen LogP contribution in [0.2, 0.25) is 0 Å². The molecule has 0 saturated heterocycles. The molecule has 0 heterocycles. The van der Waals surface area contributed by atoms with Crippen LogP contribution in [-0.4, -0.2) is 75.5 Å². The zero-order chi connectivity index (χ0) is 45.6. The number of unbranched alkanes of at least 4 members (excludes halogenated alkanes) is 22. The maximum Gasteiger partial charge on any atom is 0.306 e. The average molecular weight is 870 g/mol. The summed E-state index contributed by atoms with van der Waals surface area (Å²) in [5.74, 6) is -1.74. The molecule has 358 valence electrons. The number of aliphatic carboxylic acids is 1. The Balaban J connectivity index is 4.26. The van der Waals surface area contributed by atoms with Gasteiger partial charge in [0.1, 0.15) is 12.6 Å². The summed E-state index contributed by atoms with van der Waals surface area (Å²) in [4.78, 5) is 37.0. The fourth-order valence-corrected chi connectivity index (χ4v) is 7.25. The minimum atomic E-state index is -1.13. The van der Waals surface area contributed by atoms with Crippen LogP contribution in [0.15, 0.2) is 60.8 Å². The first-order chi connectivity index (χ1) is 30.1.